The van der Waals surface area contributed by atoms with Crippen LogP contribution in [0.3, 0.4) is 0 Å². The summed E-state index contributed by atoms with van der Waals surface area (Å²) >= 11 is 0. The second-order valence-corrected chi connectivity index (χ2v) is 4.02. The fraction of sp³-hybridized carbons (Fsp3) is 0.333. The fourth-order valence-electron chi connectivity index (χ4n) is 0.895. The summed E-state index contributed by atoms with van der Waals surface area (Å²) in [4.78, 5) is 10.4. The third-order valence-electron chi connectivity index (χ3n) is 1.52. The second-order valence-electron chi connectivity index (χ2n) is 4.02. The Morgan fingerprint density at radius 3 is 2.43 bits per heavy atom. The zero-order chi connectivity index (χ0) is 10.6. The van der Waals surface area contributed by atoms with Gasteiger partial charge in [0.1, 0.15) is 5.60 Å². The van der Waals surface area contributed by atoms with Crippen LogP contribution in [0.1, 0.15) is 26.3 Å². The Morgan fingerprint density at radius 2 is 1.86 bits per heavy atom. The SMILES string of the molecule is C=Cc1ccccc1OOC(C)(C)C. The van der Waals surface area contributed by atoms with Crippen molar-refractivity contribution in [3.63, 3.8) is 0 Å². The minimum atomic E-state index is -0.311. The van der Waals surface area contributed by atoms with E-state index in [0.29, 0.717) is 5.75 Å². The van der Waals surface area contributed by atoms with E-state index in [9.17, 15) is 0 Å². The van der Waals surface area contributed by atoms with Crippen LogP contribution in [0.15, 0.2) is 30.8 Å². The summed E-state index contributed by atoms with van der Waals surface area (Å²) in [5.74, 6) is 0.692. The van der Waals surface area contributed by atoms with E-state index in [1.54, 1.807) is 6.08 Å². The molecule has 1 rings (SSSR count). The van der Waals surface area contributed by atoms with Crippen LogP contribution in [0.4, 0.5) is 0 Å². The van der Waals surface area contributed by atoms with Crippen LogP contribution in [-0.4, -0.2) is 5.60 Å². The van der Waals surface area contributed by atoms with Gasteiger partial charge in [0.05, 0.1) is 0 Å². The highest BCUT2D eigenvalue weighted by Crippen LogP contribution is 2.21. The van der Waals surface area contributed by atoms with Crippen LogP contribution >= 0.6 is 0 Å². The van der Waals surface area contributed by atoms with Crippen LogP contribution in [0.25, 0.3) is 6.08 Å². The molecule has 0 radical (unpaired) electrons. The van der Waals surface area contributed by atoms with Crippen molar-refractivity contribution in [2.75, 3.05) is 0 Å². The van der Waals surface area contributed by atoms with E-state index in [2.05, 4.69) is 6.58 Å². The third kappa shape index (κ3) is 3.23. The van der Waals surface area contributed by atoms with Crippen LogP contribution < -0.4 is 4.89 Å². The summed E-state index contributed by atoms with van der Waals surface area (Å²) in [6.45, 7) is 9.50. The zero-order valence-corrected chi connectivity index (χ0v) is 8.91. The second kappa shape index (κ2) is 4.29. The van der Waals surface area contributed by atoms with Crippen molar-refractivity contribution in [3.05, 3.63) is 36.4 Å². The van der Waals surface area contributed by atoms with E-state index in [4.69, 9.17) is 9.78 Å². The van der Waals surface area contributed by atoms with Crippen molar-refractivity contribution in [3.8, 4) is 5.75 Å². The van der Waals surface area contributed by atoms with Crippen LogP contribution in [0.2, 0.25) is 0 Å². The van der Waals surface area contributed by atoms with E-state index in [0.717, 1.165) is 5.56 Å². The van der Waals surface area contributed by atoms with Crippen molar-refractivity contribution in [2.45, 2.75) is 26.4 Å². The molecular formula is C12H16O2. The Bertz CT molecular complexity index is 310. The topological polar surface area (TPSA) is 18.5 Å². The molecule has 76 valence electrons. The lowest BCUT2D eigenvalue weighted by molar-refractivity contribution is -0.274. The van der Waals surface area contributed by atoms with Gasteiger partial charge in [-0.15, -0.1) is 0 Å². The molecule has 0 bridgehead atoms. The molecule has 14 heavy (non-hydrogen) atoms. The molecule has 1 aromatic carbocycles. The zero-order valence-electron chi connectivity index (χ0n) is 8.91. The van der Waals surface area contributed by atoms with Crippen LogP contribution in [-0.2, 0) is 4.89 Å². The molecule has 0 aromatic heterocycles. The molecule has 0 unspecified atom stereocenters. The summed E-state index contributed by atoms with van der Waals surface area (Å²) in [6.07, 6.45) is 1.74. The molecule has 0 aliphatic rings. The summed E-state index contributed by atoms with van der Waals surface area (Å²) in [5, 5.41) is 0. The molecule has 0 aliphatic heterocycles. The van der Waals surface area contributed by atoms with Crippen molar-refractivity contribution >= 4 is 6.08 Å². The lowest BCUT2D eigenvalue weighted by Gasteiger charge is -2.18. The molecule has 0 saturated carbocycles. The van der Waals surface area contributed by atoms with E-state index >= 15 is 0 Å². The fourth-order valence-corrected chi connectivity index (χ4v) is 0.895. The molecule has 0 saturated heterocycles. The van der Waals surface area contributed by atoms with E-state index in [-0.39, 0.29) is 5.60 Å². The Morgan fingerprint density at radius 1 is 1.21 bits per heavy atom. The first-order chi connectivity index (χ1) is 6.53. The number of hydrogen-bond donors (Lipinski definition) is 0. The van der Waals surface area contributed by atoms with Gasteiger partial charge in [0.15, 0.2) is 5.75 Å². The van der Waals surface area contributed by atoms with Gasteiger partial charge in [-0.05, 0) is 26.8 Å². The molecule has 2 heteroatoms. The summed E-state index contributed by atoms with van der Waals surface area (Å²) in [5.41, 5.74) is 0.616. The monoisotopic (exact) mass is 192 g/mol. The smallest absolute Gasteiger partial charge is 0.172 e. The molecule has 0 heterocycles. The average Bonchev–Trinajstić information content (AvgIpc) is 2.14. The largest absolute Gasteiger partial charge is 0.336 e. The van der Waals surface area contributed by atoms with Gasteiger partial charge in [-0.2, -0.15) is 4.89 Å². The summed E-state index contributed by atoms with van der Waals surface area (Å²) < 4.78 is 0. The number of para-hydroxylation sites is 1. The lowest BCUT2D eigenvalue weighted by atomic mass is 10.2. The highest BCUT2D eigenvalue weighted by atomic mass is 17.2. The molecule has 0 spiro atoms. The Labute approximate surface area is 85.1 Å². The summed E-state index contributed by atoms with van der Waals surface area (Å²) in [6, 6.07) is 7.60. The first-order valence-corrected chi connectivity index (χ1v) is 4.60. The molecule has 2 nitrogen and oxygen atoms in total. The number of benzene rings is 1. The molecule has 0 amide bonds. The average molecular weight is 192 g/mol. The van der Waals surface area contributed by atoms with Crippen LogP contribution in [0, 0.1) is 0 Å². The lowest BCUT2D eigenvalue weighted by Crippen LogP contribution is -2.21. The van der Waals surface area contributed by atoms with Gasteiger partial charge in [-0.1, -0.05) is 30.9 Å². The standard InChI is InChI=1S/C12H16O2/c1-5-10-8-6-7-9-11(10)13-14-12(2,3)4/h5-9H,1H2,2-4H3. The van der Waals surface area contributed by atoms with Crippen LogP contribution in [0.5, 0.6) is 5.75 Å². The van der Waals surface area contributed by atoms with Crippen molar-refractivity contribution in [2.24, 2.45) is 0 Å². The Balaban J connectivity index is 2.71. The van der Waals surface area contributed by atoms with E-state index in [1.807, 2.05) is 45.0 Å². The molecule has 0 N–H and O–H groups in total. The van der Waals surface area contributed by atoms with Gasteiger partial charge in [-0.3, -0.25) is 0 Å². The first kappa shape index (κ1) is 10.8. The van der Waals surface area contributed by atoms with Gasteiger partial charge < -0.3 is 4.89 Å². The summed E-state index contributed by atoms with van der Waals surface area (Å²) in [7, 11) is 0. The number of hydrogen-bond acceptors (Lipinski definition) is 2. The highest BCUT2D eigenvalue weighted by Gasteiger charge is 2.13. The van der Waals surface area contributed by atoms with Gasteiger partial charge in [0, 0.05) is 5.56 Å². The van der Waals surface area contributed by atoms with Crippen molar-refractivity contribution in [1.82, 2.24) is 0 Å². The van der Waals surface area contributed by atoms with E-state index in [1.165, 1.54) is 0 Å². The molecule has 0 atom stereocenters. The van der Waals surface area contributed by atoms with Gasteiger partial charge in [0.25, 0.3) is 0 Å². The van der Waals surface area contributed by atoms with Crippen molar-refractivity contribution < 1.29 is 9.78 Å². The molecule has 1 aromatic rings. The Kier molecular flexibility index (Phi) is 3.31. The maximum absolute atomic E-state index is 5.22. The van der Waals surface area contributed by atoms with Gasteiger partial charge in [0.2, 0.25) is 0 Å². The predicted octanol–water partition coefficient (Wildman–Crippen LogP) is 3.44. The van der Waals surface area contributed by atoms with Crippen molar-refractivity contribution in [1.29, 1.82) is 0 Å². The molecule has 0 fully saturated rings. The maximum atomic E-state index is 5.22. The highest BCUT2D eigenvalue weighted by molar-refractivity contribution is 5.55. The molecular weight excluding hydrogens is 176 g/mol. The molecule has 0 aliphatic carbocycles. The Hall–Kier alpha value is -1.28. The predicted molar refractivity (Wildman–Crippen MR) is 58.0 cm³/mol. The van der Waals surface area contributed by atoms with E-state index < -0.39 is 0 Å². The minimum Gasteiger partial charge on any atom is -0.336 e. The normalized spacial score (nSPS) is 11.1. The quantitative estimate of drug-likeness (QED) is 0.539. The van der Waals surface area contributed by atoms with Gasteiger partial charge >= 0.3 is 0 Å². The first-order valence-electron chi connectivity index (χ1n) is 4.60. The minimum absolute atomic E-state index is 0.311. The third-order valence-corrected chi connectivity index (χ3v) is 1.52. The van der Waals surface area contributed by atoms with Gasteiger partial charge in [-0.25, -0.2) is 0 Å². The number of rotatable bonds is 3. The maximum Gasteiger partial charge on any atom is 0.172 e.